The van der Waals surface area contributed by atoms with Crippen LogP contribution in [-0.4, -0.2) is 33.8 Å². The van der Waals surface area contributed by atoms with Gasteiger partial charge in [-0.05, 0) is 19.3 Å². The maximum Gasteiger partial charge on any atom is 0.185 e. The van der Waals surface area contributed by atoms with Crippen LogP contribution < -0.4 is 10.6 Å². The summed E-state index contributed by atoms with van der Waals surface area (Å²) in [4.78, 5) is 8.25. The van der Waals surface area contributed by atoms with E-state index in [1.807, 2.05) is 0 Å². The highest BCUT2D eigenvalue weighted by molar-refractivity contribution is 7.85. The van der Waals surface area contributed by atoms with E-state index in [0.717, 1.165) is 49.0 Å². The van der Waals surface area contributed by atoms with E-state index in [4.69, 9.17) is 10.7 Å². The molecule has 1 aliphatic heterocycles. The molecule has 2 aliphatic rings. The summed E-state index contributed by atoms with van der Waals surface area (Å²) in [5.41, 5.74) is 7.32. The Kier molecular flexibility index (Phi) is 3.19. The van der Waals surface area contributed by atoms with Gasteiger partial charge in [0.15, 0.2) is 5.13 Å². The zero-order valence-corrected chi connectivity index (χ0v) is 11.4. The second kappa shape index (κ2) is 4.66. The van der Waals surface area contributed by atoms with E-state index in [-0.39, 0.29) is 6.04 Å². The molecule has 1 aromatic heterocycles. The fraction of sp³-hybridized carbons (Fsp3) is 0.727. The third-order valence-corrected chi connectivity index (χ3v) is 6.00. The van der Waals surface area contributed by atoms with E-state index in [0.29, 0.717) is 0 Å². The van der Waals surface area contributed by atoms with Crippen molar-refractivity contribution in [3.63, 3.8) is 0 Å². The molecule has 0 bridgehead atoms. The number of hydrogen-bond acceptors (Lipinski definition) is 5. The molecule has 1 unspecified atom stereocenters. The first kappa shape index (κ1) is 11.6. The van der Waals surface area contributed by atoms with Crippen LogP contribution in [0.5, 0.6) is 0 Å². The molecule has 17 heavy (non-hydrogen) atoms. The van der Waals surface area contributed by atoms with Crippen LogP contribution in [-0.2, 0) is 17.2 Å². The summed E-state index contributed by atoms with van der Waals surface area (Å²) in [6.07, 6.45) is 3.30. The molecule has 1 aliphatic carbocycles. The minimum Gasteiger partial charge on any atom is -0.346 e. The summed E-state index contributed by atoms with van der Waals surface area (Å²) in [6.45, 7) is 1.74. The number of nitrogens with two attached hydrogens (primary N) is 1. The Balaban J connectivity index is 1.82. The Morgan fingerprint density at radius 3 is 2.88 bits per heavy atom. The van der Waals surface area contributed by atoms with Crippen molar-refractivity contribution in [1.82, 2.24) is 4.98 Å². The smallest absolute Gasteiger partial charge is 0.185 e. The summed E-state index contributed by atoms with van der Waals surface area (Å²) >= 11 is 1.74. The number of nitrogens with zero attached hydrogens (tertiary/aromatic N) is 2. The SMILES string of the molecule is NC1CCCc2nc(N3CCS(=O)CC3)sc21. The molecule has 0 spiro atoms. The topological polar surface area (TPSA) is 59.2 Å². The molecule has 2 heterocycles. The van der Waals surface area contributed by atoms with Gasteiger partial charge in [-0.2, -0.15) is 0 Å². The van der Waals surface area contributed by atoms with Crippen molar-refractivity contribution in [2.75, 3.05) is 29.5 Å². The molecule has 0 amide bonds. The van der Waals surface area contributed by atoms with Gasteiger partial charge in [-0.25, -0.2) is 4.98 Å². The van der Waals surface area contributed by atoms with E-state index in [9.17, 15) is 4.21 Å². The molecule has 94 valence electrons. The molecule has 1 aromatic rings. The van der Waals surface area contributed by atoms with Crippen LogP contribution >= 0.6 is 11.3 Å². The second-order valence-electron chi connectivity index (χ2n) is 4.64. The van der Waals surface area contributed by atoms with Crippen LogP contribution in [0.2, 0.25) is 0 Å². The summed E-state index contributed by atoms with van der Waals surface area (Å²) in [7, 11) is -0.621. The lowest BCUT2D eigenvalue weighted by molar-refractivity contribution is 0.573. The van der Waals surface area contributed by atoms with Crippen LogP contribution in [0.4, 0.5) is 5.13 Å². The molecule has 6 heteroatoms. The molecule has 0 radical (unpaired) electrons. The first-order chi connectivity index (χ1) is 8.24. The second-order valence-corrected chi connectivity index (χ2v) is 7.35. The number of aryl methyl sites for hydroxylation is 1. The van der Waals surface area contributed by atoms with Gasteiger partial charge < -0.3 is 10.6 Å². The number of rotatable bonds is 1. The van der Waals surface area contributed by atoms with Gasteiger partial charge in [0.05, 0.1) is 5.69 Å². The average molecular weight is 271 g/mol. The van der Waals surface area contributed by atoms with Crippen LogP contribution in [0.25, 0.3) is 0 Å². The Morgan fingerprint density at radius 1 is 1.41 bits per heavy atom. The van der Waals surface area contributed by atoms with Crippen molar-refractivity contribution in [1.29, 1.82) is 0 Å². The number of aromatic nitrogens is 1. The molecule has 1 saturated heterocycles. The van der Waals surface area contributed by atoms with Crippen molar-refractivity contribution < 1.29 is 4.21 Å². The van der Waals surface area contributed by atoms with Crippen molar-refractivity contribution >= 4 is 27.3 Å². The zero-order valence-electron chi connectivity index (χ0n) is 9.72. The van der Waals surface area contributed by atoms with Crippen LogP contribution in [0.15, 0.2) is 0 Å². The minimum absolute atomic E-state index is 0.184. The lowest BCUT2D eigenvalue weighted by Crippen LogP contribution is -2.37. The lowest BCUT2D eigenvalue weighted by Gasteiger charge is -2.25. The van der Waals surface area contributed by atoms with Crippen molar-refractivity contribution in [2.45, 2.75) is 25.3 Å². The van der Waals surface area contributed by atoms with Gasteiger partial charge in [0, 0.05) is 46.3 Å². The average Bonchev–Trinajstić information content (AvgIpc) is 2.75. The molecule has 0 saturated carbocycles. The van der Waals surface area contributed by atoms with Crippen molar-refractivity contribution in [3.05, 3.63) is 10.6 Å². The standard InChI is InChI=1S/C11H17N3OS2/c12-8-2-1-3-9-10(8)16-11(13-9)14-4-6-17(15)7-5-14/h8H,1-7,12H2. The maximum atomic E-state index is 11.3. The Labute approximate surface area is 108 Å². The Morgan fingerprint density at radius 2 is 2.18 bits per heavy atom. The Bertz CT molecular complexity index is 436. The zero-order chi connectivity index (χ0) is 11.8. The summed E-state index contributed by atoms with van der Waals surface area (Å²) < 4.78 is 11.3. The molecule has 0 aromatic carbocycles. The summed E-state index contributed by atoms with van der Waals surface area (Å²) in [6, 6.07) is 0.184. The van der Waals surface area contributed by atoms with Gasteiger partial charge >= 0.3 is 0 Å². The monoisotopic (exact) mass is 271 g/mol. The number of hydrogen-bond donors (Lipinski definition) is 1. The van der Waals surface area contributed by atoms with Gasteiger partial charge in [0.1, 0.15) is 0 Å². The number of anilines is 1. The third kappa shape index (κ3) is 2.26. The number of fused-ring (bicyclic) bond motifs is 1. The van der Waals surface area contributed by atoms with Gasteiger partial charge in [-0.1, -0.05) is 11.3 Å². The fourth-order valence-corrected chi connectivity index (χ4v) is 4.66. The van der Waals surface area contributed by atoms with Crippen LogP contribution in [0, 0.1) is 0 Å². The molecule has 1 atom stereocenters. The van der Waals surface area contributed by atoms with E-state index in [2.05, 4.69) is 4.90 Å². The fourth-order valence-electron chi connectivity index (χ4n) is 2.40. The maximum absolute atomic E-state index is 11.3. The highest BCUT2D eigenvalue weighted by Gasteiger charge is 2.25. The number of thiazole rings is 1. The van der Waals surface area contributed by atoms with Gasteiger partial charge in [0.2, 0.25) is 0 Å². The van der Waals surface area contributed by atoms with E-state index >= 15 is 0 Å². The predicted octanol–water partition coefficient (Wildman–Crippen LogP) is 1.05. The molecular weight excluding hydrogens is 254 g/mol. The van der Waals surface area contributed by atoms with Crippen LogP contribution in [0.1, 0.15) is 29.5 Å². The first-order valence-electron chi connectivity index (χ1n) is 6.09. The van der Waals surface area contributed by atoms with Gasteiger partial charge in [-0.3, -0.25) is 4.21 Å². The molecular formula is C11H17N3OS2. The first-order valence-corrected chi connectivity index (χ1v) is 8.39. The van der Waals surface area contributed by atoms with E-state index < -0.39 is 10.8 Å². The minimum atomic E-state index is -0.621. The largest absolute Gasteiger partial charge is 0.346 e. The van der Waals surface area contributed by atoms with Crippen molar-refractivity contribution in [3.8, 4) is 0 Å². The van der Waals surface area contributed by atoms with E-state index in [1.165, 1.54) is 10.6 Å². The van der Waals surface area contributed by atoms with Crippen LogP contribution in [0.3, 0.4) is 0 Å². The molecule has 3 rings (SSSR count). The quantitative estimate of drug-likeness (QED) is 0.829. The summed E-state index contributed by atoms with van der Waals surface area (Å²) in [5, 5.41) is 1.09. The summed E-state index contributed by atoms with van der Waals surface area (Å²) in [5.74, 6) is 1.55. The van der Waals surface area contributed by atoms with Gasteiger partial charge in [0.25, 0.3) is 0 Å². The molecule has 4 nitrogen and oxygen atoms in total. The molecule has 1 fully saturated rings. The normalized spacial score (nSPS) is 25.9. The third-order valence-electron chi connectivity index (χ3n) is 3.43. The van der Waals surface area contributed by atoms with E-state index in [1.54, 1.807) is 11.3 Å². The Hall–Kier alpha value is -0.460. The highest BCUT2D eigenvalue weighted by Crippen LogP contribution is 2.36. The lowest BCUT2D eigenvalue weighted by atomic mass is 9.99. The van der Waals surface area contributed by atoms with Crippen molar-refractivity contribution in [2.24, 2.45) is 5.73 Å². The predicted molar refractivity (Wildman–Crippen MR) is 72.1 cm³/mol. The molecule has 2 N–H and O–H groups in total. The highest BCUT2D eigenvalue weighted by atomic mass is 32.2. The van der Waals surface area contributed by atoms with Gasteiger partial charge in [-0.15, -0.1) is 0 Å².